The largest absolute Gasteiger partial charge is 0.494 e. The third-order valence-electron chi connectivity index (χ3n) is 5.46. The Bertz CT molecular complexity index is 1050. The molecule has 0 unspecified atom stereocenters. The van der Waals surface area contributed by atoms with Gasteiger partial charge in [-0.3, -0.25) is 4.79 Å². The highest BCUT2D eigenvalue weighted by atomic mass is 32.2. The summed E-state index contributed by atoms with van der Waals surface area (Å²) in [5, 5.41) is 0. The van der Waals surface area contributed by atoms with E-state index in [4.69, 9.17) is 14.2 Å². The number of sulfonamides is 1. The lowest BCUT2D eigenvalue weighted by Crippen LogP contribution is -2.50. The summed E-state index contributed by atoms with van der Waals surface area (Å²) in [6.45, 7) is 4.83. The zero-order valence-electron chi connectivity index (χ0n) is 18.2. The number of amides is 1. The molecule has 0 N–H and O–H groups in total. The number of carbonyl (C=O) groups is 1. The van der Waals surface area contributed by atoms with Crippen LogP contribution in [0.1, 0.15) is 30.1 Å². The number of piperazine rings is 1. The van der Waals surface area contributed by atoms with Gasteiger partial charge in [-0.15, -0.1) is 0 Å². The lowest BCUT2D eigenvalue weighted by atomic mass is 10.2. The molecule has 2 aromatic rings. The number of hydrogen-bond donors (Lipinski definition) is 0. The highest BCUT2D eigenvalue weighted by Crippen LogP contribution is 2.33. The predicted octanol–water partition coefficient (Wildman–Crippen LogP) is 2.78. The first-order chi connectivity index (χ1) is 15.5. The van der Waals surface area contributed by atoms with E-state index in [1.165, 1.54) is 10.4 Å². The topological polar surface area (TPSA) is 85.4 Å². The quantitative estimate of drug-likeness (QED) is 0.659. The maximum absolute atomic E-state index is 13.1. The number of nitrogens with zero attached hydrogens (tertiary/aromatic N) is 2. The van der Waals surface area contributed by atoms with Crippen LogP contribution in [0.4, 0.5) is 0 Å². The van der Waals surface area contributed by atoms with Crippen molar-refractivity contribution in [3.63, 3.8) is 0 Å². The lowest BCUT2D eigenvalue weighted by molar-refractivity contribution is 0.0698. The van der Waals surface area contributed by atoms with E-state index in [1.54, 1.807) is 41.3 Å². The number of rotatable bonds is 6. The molecule has 32 heavy (non-hydrogen) atoms. The van der Waals surface area contributed by atoms with Gasteiger partial charge < -0.3 is 19.1 Å². The number of ether oxygens (including phenoxy) is 3. The van der Waals surface area contributed by atoms with Crippen LogP contribution in [0.15, 0.2) is 47.4 Å². The van der Waals surface area contributed by atoms with Gasteiger partial charge in [-0.25, -0.2) is 8.42 Å². The average molecular weight is 461 g/mol. The van der Waals surface area contributed by atoms with Crippen molar-refractivity contribution in [1.29, 1.82) is 0 Å². The fourth-order valence-corrected chi connectivity index (χ4v) is 5.12. The summed E-state index contributed by atoms with van der Waals surface area (Å²) in [7, 11) is -3.69. The van der Waals surface area contributed by atoms with Crippen LogP contribution in [-0.2, 0) is 10.0 Å². The first kappa shape index (κ1) is 22.4. The zero-order valence-corrected chi connectivity index (χ0v) is 19.0. The summed E-state index contributed by atoms with van der Waals surface area (Å²) in [4.78, 5) is 14.7. The normalized spacial score (nSPS) is 17.0. The van der Waals surface area contributed by atoms with Gasteiger partial charge in [-0.05, 0) is 42.8 Å². The second-order valence-corrected chi connectivity index (χ2v) is 9.67. The standard InChI is InChI=1S/C23H28N2O6S/c1-2-14-29-19-6-4-18(5-7-19)23(26)24-10-12-25(13-11-24)32(27,28)20-8-9-21-22(17-20)31-16-3-15-30-21/h4-9,17H,2-3,10-16H2,1H3. The Hall–Kier alpha value is -2.78. The maximum atomic E-state index is 13.1. The smallest absolute Gasteiger partial charge is 0.253 e. The van der Waals surface area contributed by atoms with Gasteiger partial charge in [-0.2, -0.15) is 4.31 Å². The third-order valence-corrected chi connectivity index (χ3v) is 7.35. The predicted molar refractivity (Wildman–Crippen MR) is 119 cm³/mol. The van der Waals surface area contributed by atoms with Crippen molar-refractivity contribution in [2.45, 2.75) is 24.7 Å². The minimum Gasteiger partial charge on any atom is -0.494 e. The third kappa shape index (κ3) is 4.83. The van der Waals surface area contributed by atoms with Crippen LogP contribution >= 0.6 is 0 Å². The minimum absolute atomic E-state index is 0.111. The molecule has 0 saturated carbocycles. The van der Waals surface area contributed by atoms with Crippen LogP contribution in [0.2, 0.25) is 0 Å². The molecular weight excluding hydrogens is 432 g/mol. The van der Waals surface area contributed by atoms with Gasteiger partial charge in [0.2, 0.25) is 10.0 Å². The van der Waals surface area contributed by atoms with Gasteiger partial charge in [0.1, 0.15) is 5.75 Å². The summed E-state index contributed by atoms with van der Waals surface area (Å²) >= 11 is 0. The molecule has 172 valence electrons. The van der Waals surface area contributed by atoms with Crippen LogP contribution in [0.25, 0.3) is 0 Å². The van der Waals surface area contributed by atoms with Crippen LogP contribution in [-0.4, -0.2) is 69.5 Å². The van der Waals surface area contributed by atoms with Crippen LogP contribution in [0.3, 0.4) is 0 Å². The first-order valence-electron chi connectivity index (χ1n) is 10.9. The Labute approximate surface area is 188 Å². The molecule has 8 nitrogen and oxygen atoms in total. The molecule has 0 spiro atoms. The SMILES string of the molecule is CCCOc1ccc(C(=O)N2CCN(S(=O)(=O)c3ccc4c(c3)OCCCO4)CC2)cc1. The Morgan fingerprint density at radius 2 is 1.66 bits per heavy atom. The molecule has 2 aromatic carbocycles. The van der Waals surface area contributed by atoms with E-state index in [0.29, 0.717) is 50.0 Å². The summed E-state index contributed by atoms with van der Waals surface area (Å²) in [6.07, 6.45) is 1.67. The monoisotopic (exact) mass is 460 g/mol. The van der Waals surface area contributed by atoms with Crippen molar-refractivity contribution >= 4 is 15.9 Å². The van der Waals surface area contributed by atoms with Crippen molar-refractivity contribution in [2.24, 2.45) is 0 Å². The minimum atomic E-state index is -3.69. The Morgan fingerprint density at radius 1 is 0.969 bits per heavy atom. The van der Waals surface area contributed by atoms with Crippen LogP contribution < -0.4 is 14.2 Å². The van der Waals surface area contributed by atoms with Crippen molar-refractivity contribution in [2.75, 3.05) is 46.0 Å². The first-order valence-corrected chi connectivity index (χ1v) is 12.3. The van der Waals surface area contributed by atoms with Gasteiger partial charge in [0.15, 0.2) is 11.5 Å². The van der Waals surface area contributed by atoms with E-state index >= 15 is 0 Å². The van der Waals surface area contributed by atoms with Gasteiger partial charge >= 0.3 is 0 Å². The molecule has 2 aliphatic heterocycles. The molecular formula is C23H28N2O6S. The molecule has 9 heteroatoms. The van der Waals surface area contributed by atoms with Crippen molar-refractivity contribution < 1.29 is 27.4 Å². The highest BCUT2D eigenvalue weighted by molar-refractivity contribution is 7.89. The summed E-state index contributed by atoms with van der Waals surface area (Å²) in [5.41, 5.74) is 0.563. The number of hydrogen-bond acceptors (Lipinski definition) is 6. The Kier molecular flexibility index (Phi) is 6.86. The average Bonchev–Trinajstić information content (AvgIpc) is 3.07. The molecule has 0 radical (unpaired) electrons. The van der Waals surface area contributed by atoms with Crippen molar-refractivity contribution in [3.05, 3.63) is 48.0 Å². The molecule has 1 amide bonds. The number of benzene rings is 2. The van der Waals surface area contributed by atoms with Crippen LogP contribution in [0, 0.1) is 0 Å². The molecule has 0 aliphatic carbocycles. The van der Waals surface area contributed by atoms with E-state index in [1.807, 2.05) is 6.92 Å². The van der Waals surface area contributed by atoms with Gasteiger partial charge in [0, 0.05) is 44.2 Å². The summed E-state index contributed by atoms with van der Waals surface area (Å²) < 4.78 is 44.5. The van der Waals surface area contributed by atoms with Gasteiger partial charge in [-0.1, -0.05) is 6.92 Å². The van der Waals surface area contributed by atoms with E-state index in [2.05, 4.69) is 0 Å². The van der Waals surface area contributed by atoms with E-state index in [0.717, 1.165) is 18.6 Å². The van der Waals surface area contributed by atoms with E-state index < -0.39 is 10.0 Å². The van der Waals surface area contributed by atoms with Gasteiger partial charge in [0.05, 0.1) is 24.7 Å². The highest BCUT2D eigenvalue weighted by Gasteiger charge is 2.31. The second-order valence-electron chi connectivity index (χ2n) is 7.73. The second kappa shape index (κ2) is 9.79. The molecule has 1 saturated heterocycles. The van der Waals surface area contributed by atoms with Gasteiger partial charge in [0.25, 0.3) is 5.91 Å². The van der Waals surface area contributed by atoms with E-state index in [-0.39, 0.29) is 23.9 Å². The number of carbonyl (C=O) groups excluding carboxylic acids is 1. The fourth-order valence-electron chi connectivity index (χ4n) is 3.68. The zero-order chi connectivity index (χ0) is 22.6. The lowest BCUT2D eigenvalue weighted by Gasteiger charge is -2.34. The fraction of sp³-hybridized carbons (Fsp3) is 0.435. The maximum Gasteiger partial charge on any atom is 0.253 e. The van der Waals surface area contributed by atoms with Crippen molar-refractivity contribution in [1.82, 2.24) is 9.21 Å². The molecule has 2 heterocycles. The molecule has 2 aliphatic rings. The Balaban J connectivity index is 1.39. The summed E-state index contributed by atoms with van der Waals surface area (Å²) in [6, 6.07) is 11.8. The van der Waals surface area contributed by atoms with Crippen molar-refractivity contribution in [3.8, 4) is 17.2 Å². The molecule has 1 fully saturated rings. The number of fused-ring (bicyclic) bond motifs is 1. The van der Waals surface area contributed by atoms with Crippen LogP contribution in [0.5, 0.6) is 17.2 Å². The Morgan fingerprint density at radius 3 is 2.34 bits per heavy atom. The molecule has 0 bridgehead atoms. The molecule has 0 atom stereocenters. The molecule has 4 rings (SSSR count). The molecule has 0 aromatic heterocycles. The van der Waals surface area contributed by atoms with E-state index in [9.17, 15) is 13.2 Å². The summed E-state index contributed by atoms with van der Waals surface area (Å²) in [5.74, 6) is 1.63.